The maximum atomic E-state index is 13.9. The number of pyridine rings is 1. The zero-order valence-corrected chi connectivity index (χ0v) is 20.5. The number of nitrogens with zero attached hydrogens (tertiary/aromatic N) is 4. The van der Waals surface area contributed by atoms with Gasteiger partial charge < -0.3 is 5.11 Å². The predicted molar refractivity (Wildman–Crippen MR) is 133 cm³/mol. The van der Waals surface area contributed by atoms with E-state index in [1.54, 1.807) is 17.0 Å². The van der Waals surface area contributed by atoms with Gasteiger partial charge in [-0.15, -0.1) is 0 Å². The minimum atomic E-state index is -0.551. The van der Waals surface area contributed by atoms with Crippen LogP contribution in [0.5, 0.6) is 5.88 Å². The standard InChI is InChI=1S/C29H25FN4O3/c1-3-7-23-24(28(36)34(31-23)22-12-10-21(30)11-13-22)25-26(32-16-14-19(2)15-17-32)29(37)33(27(25)35)18-20-8-5-4-6-9-20/h4-6,8-17H,3,7,18H2,1-2H3. The van der Waals surface area contributed by atoms with E-state index in [2.05, 4.69) is 5.10 Å². The second-order valence-electron chi connectivity index (χ2n) is 8.95. The number of halogens is 1. The van der Waals surface area contributed by atoms with Gasteiger partial charge in [-0.2, -0.15) is 9.67 Å². The Morgan fingerprint density at radius 1 is 0.946 bits per heavy atom. The number of benzene rings is 2. The van der Waals surface area contributed by atoms with E-state index in [0.717, 1.165) is 16.0 Å². The Morgan fingerprint density at radius 3 is 2.27 bits per heavy atom. The van der Waals surface area contributed by atoms with E-state index in [1.165, 1.54) is 28.9 Å². The van der Waals surface area contributed by atoms with E-state index in [9.17, 15) is 19.1 Å². The molecule has 186 valence electrons. The molecular formula is C29H25FN4O3. The first kappa shape index (κ1) is 24.1. The first-order chi connectivity index (χ1) is 17.9. The van der Waals surface area contributed by atoms with E-state index in [4.69, 9.17) is 0 Å². The monoisotopic (exact) mass is 496 g/mol. The molecule has 0 saturated heterocycles. The van der Waals surface area contributed by atoms with Crippen molar-refractivity contribution in [2.75, 3.05) is 0 Å². The number of hydrogen-bond acceptors (Lipinski definition) is 4. The van der Waals surface area contributed by atoms with Crippen LogP contribution in [-0.4, -0.2) is 26.5 Å². The van der Waals surface area contributed by atoms with Gasteiger partial charge in [-0.1, -0.05) is 43.7 Å². The van der Waals surface area contributed by atoms with Crippen LogP contribution in [0.25, 0.3) is 17.0 Å². The molecule has 8 heteroatoms. The van der Waals surface area contributed by atoms with Crippen LogP contribution in [0.1, 0.15) is 35.7 Å². The highest BCUT2D eigenvalue weighted by molar-refractivity contribution is 6.44. The van der Waals surface area contributed by atoms with E-state index in [-0.39, 0.29) is 23.4 Å². The van der Waals surface area contributed by atoms with Gasteiger partial charge in [0, 0.05) is 17.7 Å². The molecule has 0 radical (unpaired) electrons. The summed E-state index contributed by atoms with van der Waals surface area (Å²) in [5.41, 5.74) is 2.79. The topological polar surface area (TPSA) is 82.1 Å². The second kappa shape index (κ2) is 9.81. The average molecular weight is 497 g/mol. The maximum absolute atomic E-state index is 13.9. The third-order valence-corrected chi connectivity index (χ3v) is 6.30. The van der Waals surface area contributed by atoms with Crippen molar-refractivity contribution in [1.29, 1.82) is 0 Å². The van der Waals surface area contributed by atoms with Crippen LogP contribution in [0.15, 0.2) is 79.1 Å². The molecule has 0 fully saturated rings. The normalized spacial score (nSPS) is 13.6. The molecular weight excluding hydrogens is 471 g/mol. The smallest absolute Gasteiger partial charge is 0.327 e. The van der Waals surface area contributed by atoms with E-state index < -0.39 is 23.5 Å². The molecule has 37 heavy (non-hydrogen) atoms. The molecule has 4 aromatic rings. The van der Waals surface area contributed by atoms with Crippen LogP contribution in [0.4, 0.5) is 4.39 Å². The van der Waals surface area contributed by atoms with Crippen molar-refractivity contribution in [2.45, 2.75) is 33.2 Å². The first-order valence-corrected chi connectivity index (χ1v) is 12.1. The molecule has 0 spiro atoms. The van der Waals surface area contributed by atoms with Gasteiger partial charge in [0.2, 0.25) is 0 Å². The fourth-order valence-corrected chi connectivity index (χ4v) is 4.45. The zero-order valence-electron chi connectivity index (χ0n) is 20.5. The Labute approximate surface area is 213 Å². The van der Waals surface area contributed by atoms with Crippen molar-refractivity contribution in [2.24, 2.45) is 0 Å². The van der Waals surface area contributed by atoms with Gasteiger partial charge >= 0.3 is 5.91 Å². The predicted octanol–water partition coefficient (Wildman–Crippen LogP) is 3.57. The average Bonchev–Trinajstić information content (AvgIpc) is 3.34. The number of aryl methyl sites for hydroxylation is 2. The highest BCUT2D eigenvalue weighted by atomic mass is 19.1. The molecule has 2 amide bonds. The molecule has 7 nitrogen and oxygen atoms in total. The number of rotatable bonds is 7. The second-order valence-corrected chi connectivity index (χ2v) is 8.95. The Balaban J connectivity index is 1.71. The summed E-state index contributed by atoms with van der Waals surface area (Å²) in [6.07, 6.45) is 4.50. The molecule has 2 aromatic carbocycles. The molecule has 0 saturated carbocycles. The highest BCUT2D eigenvalue weighted by Gasteiger charge is 2.46. The van der Waals surface area contributed by atoms with E-state index in [1.807, 2.05) is 56.3 Å². The van der Waals surface area contributed by atoms with Crippen molar-refractivity contribution in [1.82, 2.24) is 14.7 Å². The fraction of sp³-hybridized carbons (Fsp3) is 0.172. The molecule has 0 bridgehead atoms. The van der Waals surface area contributed by atoms with Gasteiger partial charge in [-0.05, 0) is 54.6 Å². The molecule has 3 heterocycles. The third-order valence-electron chi connectivity index (χ3n) is 6.30. The van der Waals surface area contributed by atoms with Crippen molar-refractivity contribution < 1.29 is 23.7 Å². The number of carbonyl (C=O) groups is 2. The largest absolute Gasteiger partial charge is 0.858 e. The fourth-order valence-electron chi connectivity index (χ4n) is 4.45. The summed E-state index contributed by atoms with van der Waals surface area (Å²) in [7, 11) is 0. The van der Waals surface area contributed by atoms with Gasteiger partial charge in [0.1, 0.15) is 11.4 Å². The lowest BCUT2D eigenvalue weighted by Gasteiger charge is -2.15. The van der Waals surface area contributed by atoms with Gasteiger partial charge in [-0.3, -0.25) is 14.5 Å². The lowest BCUT2D eigenvalue weighted by molar-refractivity contribution is -0.577. The van der Waals surface area contributed by atoms with Gasteiger partial charge in [0.15, 0.2) is 12.4 Å². The number of amides is 2. The highest BCUT2D eigenvalue weighted by Crippen LogP contribution is 2.37. The van der Waals surface area contributed by atoms with Crippen LogP contribution >= 0.6 is 0 Å². The van der Waals surface area contributed by atoms with Crippen LogP contribution in [0, 0.1) is 12.7 Å². The van der Waals surface area contributed by atoms with Crippen LogP contribution < -0.4 is 9.67 Å². The third kappa shape index (κ3) is 4.42. The summed E-state index contributed by atoms with van der Waals surface area (Å²) in [6.45, 7) is 3.94. The zero-order chi connectivity index (χ0) is 26.1. The van der Waals surface area contributed by atoms with E-state index in [0.29, 0.717) is 24.2 Å². The van der Waals surface area contributed by atoms with Crippen LogP contribution in [0.3, 0.4) is 0 Å². The maximum Gasteiger partial charge on any atom is 0.327 e. The van der Waals surface area contributed by atoms with Crippen molar-refractivity contribution in [3.63, 3.8) is 0 Å². The Morgan fingerprint density at radius 2 is 1.62 bits per heavy atom. The molecule has 1 aliphatic rings. The Bertz CT molecular complexity index is 1510. The minimum absolute atomic E-state index is 0.0246. The molecule has 0 atom stereocenters. The SMILES string of the molecule is CCCc1nn(-c2ccc(F)cc2)c([O-])c1C1=C([n+]2ccc(C)cc2)C(=O)N(Cc2ccccc2)C1=O. The van der Waals surface area contributed by atoms with Crippen LogP contribution in [-0.2, 0) is 22.6 Å². The lowest BCUT2D eigenvalue weighted by Crippen LogP contribution is -2.39. The lowest BCUT2D eigenvalue weighted by atomic mass is 10.0. The summed E-state index contributed by atoms with van der Waals surface area (Å²) in [5, 5.41) is 18.3. The quantitative estimate of drug-likeness (QED) is 0.289. The number of aromatic nitrogens is 3. The minimum Gasteiger partial charge on any atom is -0.858 e. The van der Waals surface area contributed by atoms with Crippen molar-refractivity contribution in [3.05, 3.63) is 107 Å². The molecule has 0 N–H and O–H groups in total. The first-order valence-electron chi connectivity index (χ1n) is 12.1. The summed E-state index contributed by atoms with van der Waals surface area (Å²) in [6, 6.07) is 18.3. The molecule has 1 aliphatic heterocycles. The summed E-state index contributed by atoms with van der Waals surface area (Å²) in [4.78, 5) is 28.8. The summed E-state index contributed by atoms with van der Waals surface area (Å²) < 4.78 is 16.3. The summed E-state index contributed by atoms with van der Waals surface area (Å²) in [5.74, 6) is -2.01. The Kier molecular flexibility index (Phi) is 6.40. The Hall–Kier alpha value is -4.59. The molecule has 2 aromatic heterocycles. The van der Waals surface area contributed by atoms with E-state index >= 15 is 0 Å². The number of imide groups is 1. The van der Waals surface area contributed by atoms with Crippen molar-refractivity contribution >= 4 is 23.1 Å². The van der Waals surface area contributed by atoms with Gasteiger partial charge in [0.25, 0.3) is 11.6 Å². The number of carbonyl (C=O) groups excluding carboxylic acids is 2. The van der Waals surface area contributed by atoms with Gasteiger partial charge in [0.05, 0.1) is 17.9 Å². The molecule has 0 unspecified atom stereocenters. The van der Waals surface area contributed by atoms with Crippen LogP contribution in [0.2, 0.25) is 0 Å². The number of hydrogen-bond donors (Lipinski definition) is 0. The summed E-state index contributed by atoms with van der Waals surface area (Å²) >= 11 is 0. The molecule has 0 aliphatic carbocycles. The van der Waals surface area contributed by atoms with Gasteiger partial charge in [-0.25, -0.2) is 9.07 Å². The van der Waals surface area contributed by atoms with Crippen molar-refractivity contribution in [3.8, 4) is 11.6 Å². The molecule has 5 rings (SSSR count).